The number of benzene rings is 1. The fraction of sp³-hybridized carbons (Fsp3) is 0.462. The molecule has 1 atom stereocenters. The summed E-state index contributed by atoms with van der Waals surface area (Å²) in [4.78, 5) is 11.8. The van der Waals surface area contributed by atoms with E-state index in [9.17, 15) is 9.18 Å². The van der Waals surface area contributed by atoms with Gasteiger partial charge >= 0.3 is 0 Å². The van der Waals surface area contributed by atoms with Crippen molar-refractivity contribution in [2.45, 2.75) is 25.6 Å². The molecule has 0 heterocycles. The van der Waals surface area contributed by atoms with Crippen LogP contribution in [0, 0.1) is 11.7 Å². The Morgan fingerprint density at radius 1 is 1.50 bits per heavy atom. The van der Waals surface area contributed by atoms with Crippen molar-refractivity contribution in [3.63, 3.8) is 0 Å². The molecule has 0 radical (unpaired) electrons. The number of alkyl halides is 1. The monoisotopic (exact) mass is 335 g/mol. The van der Waals surface area contributed by atoms with Crippen molar-refractivity contribution in [3.05, 3.63) is 34.1 Å². The number of amides is 1. The molecule has 1 rings (SSSR count). The van der Waals surface area contributed by atoms with Crippen LogP contribution >= 0.6 is 27.5 Å². The summed E-state index contributed by atoms with van der Waals surface area (Å²) in [5.41, 5.74) is 0.0257. The maximum atomic E-state index is 13.4. The minimum absolute atomic E-state index is 0.0257. The molecule has 0 saturated heterocycles. The quantitative estimate of drug-likeness (QED) is 0.810. The van der Waals surface area contributed by atoms with Gasteiger partial charge in [-0.25, -0.2) is 4.39 Å². The van der Waals surface area contributed by atoms with Gasteiger partial charge in [-0.2, -0.15) is 0 Å². The molecule has 1 aromatic carbocycles. The predicted octanol–water partition coefficient (Wildman–Crippen LogP) is 3.97. The normalized spacial score (nSPS) is 12.6. The summed E-state index contributed by atoms with van der Waals surface area (Å²) in [5, 5.41) is 2.51. The molecule has 0 aliphatic rings. The van der Waals surface area contributed by atoms with Gasteiger partial charge in [-0.05, 0) is 30.5 Å². The first-order chi connectivity index (χ1) is 8.40. The second kappa shape index (κ2) is 7.10. The van der Waals surface area contributed by atoms with Crippen molar-refractivity contribution >= 4 is 33.4 Å². The molecule has 100 valence electrons. The number of carbonyl (C=O) groups is 1. The average molecular weight is 337 g/mol. The van der Waals surface area contributed by atoms with Crippen molar-refractivity contribution in [1.29, 1.82) is 0 Å². The lowest BCUT2D eigenvalue weighted by atomic mass is 10.1. The van der Waals surface area contributed by atoms with E-state index in [1.54, 1.807) is 6.07 Å². The van der Waals surface area contributed by atoms with Crippen molar-refractivity contribution in [2.24, 2.45) is 5.92 Å². The molecule has 0 spiro atoms. The smallest absolute Gasteiger partial charge is 0.254 e. The Labute approximate surface area is 120 Å². The Hall–Kier alpha value is -0.610. The number of halogens is 3. The van der Waals surface area contributed by atoms with Gasteiger partial charge in [-0.3, -0.25) is 4.79 Å². The molecule has 0 aliphatic carbocycles. The molecule has 18 heavy (non-hydrogen) atoms. The summed E-state index contributed by atoms with van der Waals surface area (Å²) in [6, 6.07) is 4.26. The second-order valence-electron chi connectivity index (χ2n) is 4.56. The third kappa shape index (κ3) is 4.94. The van der Waals surface area contributed by atoms with E-state index in [1.807, 2.05) is 0 Å². The van der Waals surface area contributed by atoms with Crippen LogP contribution in [0.4, 0.5) is 4.39 Å². The van der Waals surface area contributed by atoms with E-state index in [0.717, 1.165) is 6.42 Å². The number of carbonyl (C=O) groups excluding carboxylic acids is 1. The molecule has 0 aliphatic heterocycles. The van der Waals surface area contributed by atoms with Gasteiger partial charge in [0.2, 0.25) is 0 Å². The Balaban J connectivity index is 2.58. The van der Waals surface area contributed by atoms with Gasteiger partial charge in [0.05, 0.1) is 10.9 Å². The third-order valence-corrected chi connectivity index (χ3v) is 3.21. The van der Waals surface area contributed by atoms with Crippen LogP contribution in [0.1, 0.15) is 30.6 Å². The number of nitrogens with one attached hydrogen (secondary N) is 1. The highest BCUT2D eigenvalue weighted by atomic mass is 79.9. The maximum Gasteiger partial charge on any atom is 0.254 e. The molecular weight excluding hydrogens is 321 g/mol. The van der Waals surface area contributed by atoms with Crippen molar-refractivity contribution < 1.29 is 9.18 Å². The molecular formula is C13H16BrClFNO. The molecule has 1 N–H and O–H groups in total. The highest BCUT2D eigenvalue weighted by molar-refractivity contribution is 9.10. The van der Waals surface area contributed by atoms with Crippen molar-refractivity contribution in [3.8, 4) is 0 Å². The minimum atomic E-state index is -0.536. The van der Waals surface area contributed by atoms with E-state index in [4.69, 9.17) is 11.6 Å². The molecule has 0 saturated carbocycles. The zero-order chi connectivity index (χ0) is 13.7. The molecule has 5 heteroatoms. The standard InChI is InChI=1S/C13H16BrClFNO/c1-8(2)5-10(15)7-17-13(18)11-6-9(14)3-4-12(11)16/h3-4,6,8,10H,5,7H2,1-2H3,(H,17,18). The van der Waals surface area contributed by atoms with E-state index < -0.39 is 11.7 Å². The van der Waals surface area contributed by atoms with Crippen LogP contribution in [0.25, 0.3) is 0 Å². The number of hydrogen-bond donors (Lipinski definition) is 1. The molecule has 0 fully saturated rings. The van der Waals surface area contributed by atoms with Crippen molar-refractivity contribution in [2.75, 3.05) is 6.54 Å². The van der Waals surface area contributed by atoms with Crippen LogP contribution < -0.4 is 5.32 Å². The first-order valence-corrected chi connectivity index (χ1v) is 7.00. The van der Waals surface area contributed by atoms with Crippen molar-refractivity contribution in [1.82, 2.24) is 5.32 Å². The van der Waals surface area contributed by atoms with Crippen LogP contribution in [-0.2, 0) is 0 Å². The van der Waals surface area contributed by atoms with Crippen LogP contribution in [0.2, 0.25) is 0 Å². The lowest BCUT2D eigenvalue weighted by Gasteiger charge is -2.13. The lowest BCUT2D eigenvalue weighted by Crippen LogP contribution is -2.31. The van der Waals surface area contributed by atoms with E-state index in [-0.39, 0.29) is 10.9 Å². The molecule has 1 amide bonds. The van der Waals surface area contributed by atoms with Gasteiger partial charge in [0.15, 0.2) is 0 Å². The summed E-state index contributed by atoms with van der Waals surface area (Å²) in [6.07, 6.45) is 0.808. The van der Waals surface area contributed by atoms with E-state index >= 15 is 0 Å². The lowest BCUT2D eigenvalue weighted by molar-refractivity contribution is 0.0949. The van der Waals surface area contributed by atoms with Crippen LogP contribution in [-0.4, -0.2) is 17.8 Å². The molecule has 0 bridgehead atoms. The first-order valence-electron chi connectivity index (χ1n) is 5.77. The van der Waals surface area contributed by atoms with E-state index in [0.29, 0.717) is 16.9 Å². The molecule has 1 unspecified atom stereocenters. The maximum absolute atomic E-state index is 13.4. The number of hydrogen-bond acceptors (Lipinski definition) is 1. The zero-order valence-corrected chi connectivity index (χ0v) is 12.7. The van der Waals surface area contributed by atoms with Gasteiger partial charge in [0.25, 0.3) is 5.91 Å². The Morgan fingerprint density at radius 3 is 2.78 bits per heavy atom. The first kappa shape index (κ1) is 15.4. The van der Waals surface area contributed by atoms with Crippen LogP contribution in [0.3, 0.4) is 0 Å². The van der Waals surface area contributed by atoms with E-state index in [1.165, 1.54) is 12.1 Å². The fourth-order valence-electron chi connectivity index (χ4n) is 1.57. The summed E-state index contributed by atoms with van der Waals surface area (Å²) in [5.74, 6) is -0.513. The van der Waals surface area contributed by atoms with Gasteiger partial charge < -0.3 is 5.32 Å². The second-order valence-corrected chi connectivity index (χ2v) is 6.09. The summed E-state index contributed by atoms with van der Waals surface area (Å²) in [6.45, 7) is 4.46. The Bertz CT molecular complexity index is 425. The highest BCUT2D eigenvalue weighted by Crippen LogP contribution is 2.16. The van der Waals surface area contributed by atoms with Gasteiger partial charge in [-0.15, -0.1) is 11.6 Å². The van der Waals surface area contributed by atoms with Crippen LogP contribution in [0.15, 0.2) is 22.7 Å². The third-order valence-electron chi connectivity index (χ3n) is 2.38. The van der Waals surface area contributed by atoms with Gasteiger partial charge in [-0.1, -0.05) is 29.8 Å². The molecule has 0 aromatic heterocycles. The zero-order valence-electron chi connectivity index (χ0n) is 10.3. The van der Waals surface area contributed by atoms with Crippen LogP contribution in [0.5, 0.6) is 0 Å². The summed E-state index contributed by atoms with van der Waals surface area (Å²) < 4.78 is 14.1. The fourth-order valence-corrected chi connectivity index (χ4v) is 2.36. The minimum Gasteiger partial charge on any atom is -0.350 e. The summed E-state index contributed by atoms with van der Waals surface area (Å²) >= 11 is 9.27. The average Bonchev–Trinajstić information content (AvgIpc) is 2.28. The highest BCUT2D eigenvalue weighted by Gasteiger charge is 2.14. The Morgan fingerprint density at radius 2 is 2.17 bits per heavy atom. The SMILES string of the molecule is CC(C)CC(Cl)CNC(=O)c1cc(Br)ccc1F. The summed E-state index contributed by atoms with van der Waals surface area (Å²) in [7, 11) is 0. The molecule has 1 aromatic rings. The molecule has 2 nitrogen and oxygen atoms in total. The number of rotatable bonds is 5. The predicted molar refractivity (Wildman–Crippen MR) is 75.5 cm³/mol. The van der Waals surface area contributed by atoms with Gasteiger partial charge in [0, 0.05) is 11.0 Å². The van der Waals surface area contributed by atoms with Gasteiger partial charge in [0.1, 0.15) is 5.82 Å². The largest absolute Gasteiger partial charge is 0.350 e. The topological polar surface area (TPSA) is 29.1 Å². The Kier molecular flexibility index (Phi) is 6.09. The van der Waals surface area contributed by atoms with E-state index in [2.05, 4.69) is 35.1 Å².